The molecule has 0 aliphatic heterocycles. The van der Waals surface area contributed by atoms with E-state index < -0.39 is 0 Å². The van der Waals surface area contributed by atoms with Crippen molar-refractivity contribution >= 4 is 11.6 Å². The van der Waals surface area contributed by atoms with E-state index in [1.54, 1.807) is 0 Å². The van der Waals surface area contributed by atoms with Crippen LogP contribution in [0.5, 0.6) is 0 Å². The fourth-order valence-electron chi connectivity index (χ4n) is 3.10. The van der Waals surface area contributed by atoms with Crippen molar-refractivity contribution in [3.8, 4) is 5.69 Å². The van der Waals surface area contributed by atoms with Crippen molar-refractivity contribution < 1.29 is 0 Å². The first-order valence-electron chi connectivity index (χ1n) is 7.24. The molecule has 0 spiro atoms. The van der Waals surface area contributed by atoms with Gasteiger partial charge in [0.2, 0.25) is 0 Å². The van der Waals surface area contributed by atoms with Crippen molar-refractivity contribution in [1.82, 2.24) is 9.78 Å². The minimum absolute atomic E-state index is 0.158. The SMILES string of the molecule is Cc1ccc(-n2nc(C)c([C@@H]3C=C[C@@H](N)C3)c2C)cc1Cl. The smallest absolute Gasteiger partial charge is 0.0663 e. The number of nitrogens with two attached hydrogens (primary N) is 1. The molecule has 0 saturated heterocycles. The van der Waals surface area contributed by atoms with Gasteiger partial charge in [-0.05, 0) is 44.9 Å². The molecule has 4 heteroatoms. The van der Waals surface area contributed by atoms with E-state index >= 15 is 0 Å². The maximum absolute atomic E-state index is 6.24. The highest BCUT2D eigenvalue weighted by Gasteiger charge is 2.24. The summed E-state index contributed by atoms with van der Waals surface area (Å²) in [5, 5.41) is 5.47. The molecule has 1 aliphatic rings. The minimum Gasteiger partial charge on any atom is -0.324 e. The van der Waals surface area contributed by atoms with Gasteiger partial charge in [-0.1, -0.05) is 29.8 Å². The summed E-state index contributed by atoms with van der Waals surface area (Å²) in [4.78, 5) is 0. The lowest BCUT2D eigenvalue weighted by Gasteiger charge is -2.11. The summed E-state index contributed by atoms with van der Waals surface area (Å²) in [5.74, 6) is 0.370. The van der Waals surface area contributed by atoms with Crippen LogP contribution in [0.25, 0.3) is 5.69 Å². The molecule has 2 aromatic rings. The summed E-state index contributed by atoms with van der Waals surface area (Å²) in [6.07, 6.45) is 5.25. The van der Waals surface area contributed by atoms with Crippen LogP contribution in [-0.4, -0.2) is 15.8 Å². The van der Waals surface area contributed by atoms with Crippen molar-refractivity contribution in [1.29, 1.82) is 0 Å². The lowest BCUT2D eigenvalue weighted by molar-refractivity contribution is 0.704. The van der Waals surface area contributed by atoms with E-state index in [0.717, 1.165) is 34.1 Å². The molecular weight excluding hydrogens is 282 g/mol. The average molecular weight is 302 g/mol. The molecule has 3 nitrogen and oxygen atoms in total. The molecule has 110 valence electrons. The molecule has 2 N–H and O–H groups in total. The predicted octanol–water partition coefficient (Wildman–Crippen LogP) is 3.82. The number of hydrogen-bond donors (Lipinski definition) is 1. The summed E-state index contributed by atoms with van der Waals surface area (Å²) in [6.45, 7) is 6.18. The van der Waals surface area contributed by atoms with E-state index in [9.17, 15) is 0 Å². The Hall–Kier alpha value is -1.58. The second-order valence-corrected chi connectivity index (χ2v) is 6.23. The highest BCUT2D eigenvalue weighted by atomic mass is 35.5. The van der Waals surface area contributed by atoms with Gasteiger partial charge in [0.1, 0.15) is 0 Å². The van der Waals surface area contributed by atoms with Gasteiger partial charge in [-0.25, -0.2) is 4.68 Å². The number of allylic oxidation sites excluding steroid dienone is 1. The number of nitrogens with zero attached hydrogens (tertiary/aromatic N) is 2. The van der Waals surface area contributed by atoms with Gasteiger partial charge in [-0.3, -0.25) is 0 Å². The number of aryl methyl sites for hydroxylation is 2. The molecule has 1 aromatic heterocycles. The maximum atomic E-state index is 6.24. The normalized spacial score (nSPS) is 21.2. The molecule has 0 radical (unpaired) electrons. The van der Waals surface area contributed by atoms with E-state index in [1.807, 2.05) is 23.7 Å². The Morgan fingerprint density at radius 2 is 2.00 bits per heavy atom. The molecule has 0 unspecified atom stereocenters. The monoisotopic (exact) mass is 301 g/mol. The van der Waals surface area contributed by atoms with Gasteiger partial charge in [0, 0.05) is 28.2 Å². The van der Waals surface area contributed by atoms with Gasteiger partial charge in [0.15, 0.2) is 0 Å². The fourth-order valence-corrected chi connectivity index (χ4v) is 3.27. The molecule has 0 amide bonds. The van der Waals surface area contributed by atoms with Crippen molar-refractivity contribution in [2.45, 2.75) is 39.2 Å². The third-order valence-electron chi connectivity index (χ3n) is 4.23. The van der Waals surface area contributed by atoms with Gasteiger partial charge in [-0.2, -0.15) is 5.10 Å². The topological polar surface area (TPSA) is 43.8 Å². The Bertz CT molecular complexity index is 715. The number of hydrogen-bond acceptors (Lipinski definition) is 2. The molecule has 2 atom stereocenters. The summed E-state index contributed by atoms with van der Waals surface area (Å²) in [7, 11) is 0. The quantitative estimate of drug-likeness (QED) is 0.857. The lowest BCUT2D eigenvalue weighted by atomic mass is 9.96. The summed E-state index contributed by atoms with van der Waals surface area (Å²) in [5.41, 5.74) is 11.6. The number of benzene rings is 1. The van der Waals surface area contributed by atoms with Crippen molar-refractivity contribution in [3.05, 3.63) is 57.9 Å². The fraction of sp³-hybridized carbons (Fsp3) is 0.353. The van der Waals surface area contributed by atoms with Crippen molar-refractivity contribution in [2.75, 3.05) is 0 Å². The van der Waals surface area contributed by atoms with Crippen LogP contribution in [0.1, 0.15) is 34.9 Å². The second-order valence-electron chi connectivity index (χ2n) is 5.82. The molecule has 0 bridgehead atoms. The average Bonchev–Trinajstić information content (AvgIpc) is 2.97. The van der Waals surface area contributed by atoms with E-state index in [2.05, 4.69) is 32.1 Å². The van der Waals surface area contributed by atoms with Crippen molar-refractivity contribution in [2.24, 2.45) is 5.73 Å². The first kappa shape index (κ1) is 14.4. The summed E-state index contributed by atoms with van der Waals surface area (Å²) >= 11 is 6.24. The number of rotatable bonds is 2. The van der Waals surface area contributed by atoms with Crippen LogP contribution in [0.2, 0.25) is 5.02 Å². The van der Waals surface area contributed by atoms with Gasteiger partial charge in [0.25, 0.3) is 0 Å². The zero-order valence-electron chi connectivity index (χ0n) is 12.6. The van der Waals surface area contributed by atoms with E-state index in [-0.39, 0.29) is 6.04 Å². The molecule has 1 aliphatic carbocycles. The van der Waals surface area contributed by atoms with Gasteiger partial charge in [0.05, 0.1) is 11.4 Å². The first-order valence-corrected chi connectivity index (χ1v) is 7.61. The van der Waals surface area contributed by atoms with Crippen LogP contribution in [0.3, 0.4) is 0 Å². The molecule has 21 heavy (non-hydrogen) atoms. The highest BCUT2D eigenvalue weighted by Crippen LogP contribution is 2.33. The standard InChI is InChI=1S/C17H20ClN3/c1-10-4-7-15(9-16(10)18)21-12(3)17(11(2)20-21)13-5-6-14(19)8-13/h4-7,9,13-14H,8,19H2,1-3H3/t13-,14-/m1/s1. The van der Waals surface area contributed by atoms with Gasteiger partial charge < -0.3 is 5.73 Å². The molecule has 0 saturated carbocycles. The third kappa shape index (κ3) is 2.52. The zero-order chi connectivity index (χ0) is 15.1. The maximum Gasteiger partial charge on any atom is 0.0663 e. The highest BCUT2D eigenvalue weighted by molar-refractivity contribution is 6.31. The molecule has 0 fully saturated rings. The van der Waals surface area contributed by atoms with Crippen LogP contribution in [0.4, 0.5) is 0 Å². The first-order chi connectivity index (χ1) is 9.97. The largest absolute Gasteiger partial charge is 0.324 e. The van der Waals surface area contributed by atoms with Crippen LogP contribution in [0.15, 0.2) is 30.4 Å². The Morgan fingerprint density at radius 1 is 1.24 bits per heavy atom. The molecule has 1 aromatic carbocycles. The molecular formula is C17H20ClN3. The van der Waals surface area contributed by atoms with Crippen LogP contribution in [-0.2, 0) is 0 Å². The Morgan fingerprint density at radius 3 is 2.62 bits per heavy atom. The minimum atomic E-state index is 0.158. The van der Waals surface area contributed by atoms with E-state index in [1.165, 1.54) is 5.56 Å². The zero-order valence-corrected chi connectivity index (χ0v) is 13.4. The van der Waals surface area contributed by atoms with E-state index in [0.29, 0.717) is 5.92 Å². The van der Waals surface area contributed by atoms with Crippen LogP contribution < -0.4 is 5.73 Å². The number of halogens is 1. The van der Waals surface area contributed by atoms with Crippen LogP contribution in [0, 0.1) is 20.8 Å². The van der Waals surface area contributed by atoms with E-state index in [4.69, 9.17) is 22.4 Å². The Labute approximate surface area is 130 Å². The summed E-state index contributed by atoms with van der Waals surface area (Å²) < 4.78 is 1.98. The second kappa shape index (κ2) is 5.32. The molecule has 1 heterocycles. The molecule has 3 rings (SSSR count). The van der Waals surface area contributed by atoms with Gasteiger partial charge >= 0.3 is 0 Å². The van der Waals surface area contributed by atoms with Crippen molar-refractivity contribution in [3.63, 3.8) is 0 Å². The Balaban J connectivity index is 2.05. The third-order valence-corrected chi connectivity index (χ3v) is 4.64. The Kier molecular flexibility index (Phi) is 3.64. The lowest BCUT2D eigenvalue weighted by Crippen LogP contribution is -2.14. The van der Waals surface area contributed by atoms with Gasteiger partial charge in [-0.15, -0.1) is 0 Å². The summed E-state index contributed by atoms with van der Waals surface area (Å²) in [6, 6.07) is 6.21. The predicted molar refractivity (Wildman–Crippen MR) is 87.3 cm³/mol. The van der Waals surface area contributed by atoms with Crippen LogP contribution >= 0.6 is 11.6 Å². The number of aromatic nitrogens is 2.